The molecule has 0 spiro atoms. The Morgan fingerprint density at radius 1 is 0.792 bits per heavy atom. The molecular formula is C20H16Cl2N2. The number of halogens is 2. The maximum atomic E-state index is 7.16. The number of nitrogens with zero attached hydrogens (tertiary/aromatic N) is 2. The molecule has 120 valence electrons. The molecule has 0 N–H and O–H groups in total. The van der Waals surface area contributed by atoms with Crippen molar-refractivity contribution in [3.63, 3.8) is 0 Å². The lowest BCUT2D eigenvalue weighted by Gasteiger charge is -2.36. The Kier molecular flexibility index (Phi) is 2.88. The van der Waals surface area contributed by atoms with Crippen LogP contribution in [0.25, 0.3) is 0 Å². The molecule has 1 heterocycles. The second-order valence-corrected chi connectivity index (χ2v) is 8.16. The third kappa shape index (κ3) is 1.42. The van der Waals surface area contributed by atoms with Gasteiger partial charge in [-0.15, -0.1) is 0 Å². The van der Waals surface area contributed by atoms with Crippen LogP contribution in [0.3, 0.4) is 0 Å². The SMILES string of the molecule is ClC1(Cl)[C@]2(c3ccccc3)N=N[C@@]1(c1ccccc1)[C@H]1C=CC[C@H]12. The third-order valence-electron chi connectivity index (χ3n) is 5.94. The molecule has 0 saturated heterocycles. The Hall–Kier alpha value is -1.64. The van der Waals surface area contributed by atoms with Crippen molar-refractivity contribution in [1.29, 1.82) is 0 Å². The molecule has 2 bridgehead atoms. The van der Waals surface area contributed by atoms with Crippen molar-refractivity contribution in [1.82, 2.24) is 0 Å². The normalized spacial score (nSPS) is 37.8. The van der Waals surface area contributed by atoms with E-state index in [-0.39, 0.29) is 11.8 Å². The van der Waals surface area contributed by atoms with Gasteiger partial charge in [0.15, 0.2) is 4.33 Å². The van der Waals surface area contributed by atoms with Gasteiger partial charge in [-0.2, -0.15) is 10.2 Å². The first-order valence-electron chi connectivity index (χ1n) is 8.24. The number of azo groups is 1. The molecule has 2 aromatic rings. The van der Waals surface area contributed by atoms with Gasteiger partial charge in [0.25, 0.3) is 0 Å². The van der Waals surface area contributed by atoms with Crippen LogP contribution in [0.1, 0.15) is 17.5 Å². The summed E-state index contributed by atoms with van der Waals surface area (Å²) >= 11 is 14.3. The van der Waals surface area contributed by atoms with Gasteiger partial charge in [-0.25, -0.2) is 0 Å². The van der Waals surface area contributed by atoms with Gasteiger partial charge >= 0.3 is 0 Å². The number of fused-ring (bicyclic) bond motifs is 5. The molecule has 0 aromatic heterocycles. The number of benzene rings is 2. The van der Waals surface area contributed by atoms with Crippen LogP contribution in [0.15, 0.2) is 83.0 Å². The van der Waals surface area contributed by atoms with Gasteiger partial charge < -0.3 is 0 Å². The topological polar surface area (TPSA) is 24.7 Å². The Morgan fingerprint density at radius 2 is 1.33 bits per heavy atom. The molecule has 0 amide bonds. The van der Waals surface area contributed by atoms with Crippen LogP contribution in [0.4, 0.5) is 0 Å². The lowest BCUT2D eigenvalue weighted by atomic mass is 9.78. The van der Waals surface area contributed by atoms with Gasteiger partial charge in [0, 0.05) is 11.8 Å². The van der Waals surface area contributed by atoms with Crippen LogP contribution in [0, 0.1) is 11.8 Å². The molecule has 0 radical (unpaired) electrons. The average molecular weight is 355 g/mol. The Morgan fingerprint density at radius 3 is 1.96 bits per heavy atom. The smallest absolute Gasteiger partial charge is 0.178 e. The van der Waals surface area contributed by atoms with Crippen molar-refractivity contribution in [2.45, 2.75) is 21.8 Å². The highest BCUT2D eigenvalue weighted by atomic mass is 35.5. The van der Waals surface area contributed by atoms with E-state index in [2.05, 4.69) is 36.4 Å². The summed E-state index contributed by atoms with van der Waals surface area (Å²) in [6, 6.07) is 20.3. The first kappa shape index (κ1) is 14.7. The highest BCUT2D eigenvalue weighted by Gasteiger charge is 2.81. The maximum absolute atomic E-state index is 7.16. The molecule has 2 aliphatic carbocycles. The quantitative estimate of drug-likeness (QED) is 0.493. The minimum atomic E-state index is -1.12. The fourth-order valence-electron chi connectivity index (χ4n) is 4.94. The molecule has 1 saturated carbocycles. The van der Waals surface area contributed by atoms with E-state index in [1.807, 2.05) is 36.4 Å². The van der Waals surface area contributed by atoms with Gasteiger partial charge in [-0.1, -0.05) is 96.0 Å². The molecule has 24 heavy (non-hydrogen) atoms. The third-order valence-corrected chi connectivity index (χ3v) is 7.09. The molecule has 5 rings (SSSR count). The van der Waals surface area contributed by atoms with E-state index in [9.17, 15) is 0 Å². The monoisotopic (exact) mass is 354 g/mol. The second-order valence-electron chi connectivity index (χ2n) is 6.84. The fourth-order valence-corrected chi connectivity index (χ4v) is 6.06. The van der Waals surface area contributed by atoms with Crippen molar-refractivity contribution >= 4 is 23.2 Å². The largest absolute Gasteiger partial charge is 0.180 e. The van der Waals surface area contributed by atoms with Crippen LogP contribution in [0.2, 0.25) is 0 Å². The van der Waals surface area contributed by atoms with E-state index in [0.717, 1.165) is 17.5 Å². The van der Waals surface area contributed by atoms with Crippen molar-refractivity contribution in [2.24, 2.45) is 22.1 Å². The second kappa shape index (κ2) is 4.71. The first-order valence-corrected chi connectivity index (χ1v) is 9.00. The predicted molar refractivity (Wildman–Crippen MR) is 96.3 cm³/mol. The van der Waals surface area contributed by atoms with E-state index in [0.29, 0.717) is 0 Å². The molecule has 1 fully saturated rings. The summed E-state index contributed by atoms with van der Waals surface area (Å²) in [5.74, 6) is 0.389. The van der Waals surface area contributed by atoms with Crippen molar-refractivity contribution in [3.8, 4) is 0 Å². The number of hydrogen-bond donors (Lipinski definition) is 0. The molecule has 1 aliphatic heterocycles. The first-order chi connectivity index (χ1) is 11.6. The number of hydrogen-bond acceptors (Lipinski definition) is 2. The Balaban J connectivity index is 1.81. The van der Waals surface area contributed by atoms with E-state index >= 15 is 0 Å². The maximum Gasteiger partial charge on any atom is 0.180 e. The molecule has 0 unspecified atom stereocenters. The van der Waals surface area contributed by atoms with Crippen LogP contribution in [0.5, 0.6) is 0 Å². The highest BCUT2D eigenvalue weighted by molar-refractivity contribution is 6.51. The fraction of sp³-hybridized carbons (Fsp3) is 0.300. The lowest BCUT2D eigenvalue weighted by molar-refractivity contribution is 0.258. The van der Waals surface area contributed by atoms with Crippen LogP contribution < -0.4 is 0 Å². The zero-order chi connectivity index (χ0) is 16.4. The molecule has 4 atom stereocenters. The van der Waals surface area contributed by atoms with Gasteiger partial charge in [-0.3, -0.25) is 0 Å². The van der Waals surface area contributed by atoms with Crippen molar-refractivity contribution in [2.75, 3.05) is 0 Å². The number of alkyl halides is 2. The minimum absolute atomic E-state index is 0.160. The predicted octanol–water partition coefficient (Wildman–Crippen LogP) is 5.62. The summed E-state index contributed by atoms with van der Waals surface area (Å²) in [5, 5.41) is 9.53. The van der Waals surface area contributed by atoms with Gasteiger partial charge in [0.05, 0.1) is 0 Å². The zero-order valence-electron chi connectivity index (χ0n) is 12.9. The number of rotatable bonds is 2. The Labute approximate surface area is 151 Å². The molecule has 2 nitrogen and oxygen atoms in total. The van der Waals surface area contributed by atoms with Crippen molar-refractivity contribution in [3.05, 3.63) is 83.9 Å². The summed E-state index contributed by atoms with van der Waals surface area (Å²) in [6.45, 7) is 0. The minimum Gasteiger partial charge on any atom is -0.178 e. The van der Waals surface area contributed by atoms with Crippen molar-refractivity contribution < 1.29 is 0 Å². The van der Waals surface area contributed by atoms with E-state index in [4.69, 9.17) is 33.4 Å². The van der Waals surface area contributed by atoms with Crippen LogP contribution in [-0.4, -0.2) is 4.33 Å². The highest BCUT2D eigenvalue weighted by Crippen LogP contribution is 2.76. The zero-order valence-corrected chi connectivity index (χ0v) is 14.5. The standard InChI is InChI=1S/C20H16Cl2N2/c21-20(22)18(14-8-3-1-4-9-14)16-12-7-13-17(16)19(20,24-23-18)15-10-5-2-6-11-15/h1-12,16-17H,13H2/t16-,17+,18-,19+/m0/s1. The summed E-state index contributed by atoms with van der Waals surface area (Å²) < 4.78 is -1.12. The summed E-state index contributed by atoms with van der Waals surface area (Å²) in [4.78, 5) is 0. The van der Waals surface area contributed by atoms with E-state index < -0.39 is 15.4 Å². The Bertz CT molecular complexity index is 846. The van der Waals surface area contributed by atoms with Crippen LogP contribution in [-0.2, 0) is 11.1 Å². The summed E-state index contributed by atoms with van der Waals surface area (Å²) in [7, 11) is 0. The number of allylic oxidation sites excluding steroid dienone is 1. The summed E-state index contributed by atoms with van der Waals surface area (Å²) in [6.07, 6.45) is 5.39. The van der Waals surface area contributed by atoms with Gasteiger partial charge in [-0.05, 0) is 17.5 Å². The van der Waals surface area contributed by atoms with Gasteiger partial charge in [0.2, 0.25) is 0 Å². The van der Waals surface area contributed by atoms with Gasteiger partial charge in [0.1, 0.15) is 11.1 Å². The molecular weight excluding hydrogens is 339 g/mol. The molecule has 3 aliphatic rings. The molecule has 4 heteroatoms. The lowest BCUT2D eigenvalue weighted by Crippen LogP contribution is -2.46. The van der Waals surface area contributed by atoms with Crippen LogP contribution >= 0.6 is 23.2 Å². The van der Waals surface area contributed by atoms with E-state index in [1.54, 1.807) is 0 Å². The summed E-state index contributed by atoms with van der Waals surface area (Å²) in [5.41, 5.74) is 0.648. The molecule has 2 aromatic carbocycles. The van der Waals surface area contributed by atoms with E-state index in [1.165, 1.54) is 0 Å². The average Bonchev–Trinajstić information content (AvgIpc) is 3.24.